The van der Waals surface area contributed by atoms with Crippen molar-refractivity contribution in [3.63, 3.8) is 0 Å². The lowest BCUT2D eigenvalue weighted by Gasteiger charge is -2.32. The molecule has 5 heteroatoms. The first-order valence-corrected chi connectivity index (χ1v) is 5.00. The highest BCUT2D eigenvalue weighted by Gasteiger charge is 2.27. The Balaban J connectivity index is 1.93. The molecule has 1 aromatic heterocycles. The van der Waals surface area contributed by atoms with E-state index in [0.29, 0.717) is 5.69 Å². The molecule has 0 saturated heterocycles. The standard InChI is InChI=1S/C10H14N4O/c1-6-4-13-9(5-12-6)10(15)14-8-2-7(11)3-8/h4-5,7-8H,2-3,11H2,1H3,(H,14,15). The number of nitrogens with zero attached hydrogens (tertiary/aromatic N) is 2. The number of aromatic nitrogens is 2. The molecule has 80 valence electrons. The van der Waals surface area contributed by atoms with Crippen molar-refractivity contribution in [3.05, 3.63) is 23.8 Å². The van der Waals surface area contributed by atoms with Crippen molar-refractivity contribution in [2.45, 2.75) is 31.8 Å². The van der Waals surface area contributed by atoms with Crippen LogP contribution in [0.3, 0.4) is 0 Å². The van der Waals surface area contributed by atoms with Gasteiger partial charge in [-0.3, -0.25) is 9.78 Å². The Morgan fingerprint density at radius 1 is 1.47 bits per heavy atom. The van der Waals surface area contributed by atoms with Gasteiger partial charge in [0.25, 0.3) is 5.91 Å². The summed E-state index contributed by atoms with van der Waals surface area (Å²) < 4.78 is 0. The topological polar surface area (TPSA) is 80.9 Å². The zero-order valence-corrected chi connectivity index (χ0v) is 8.60. The van der Waals surface area contributed by atoms with Crippen LogP contribution in [0.5, 0.6) is 0 Å². The van der Waals surface area contributed by atoms with Gasteiger partial charge in [-0.1, -0.05) is 0 Å². The van der Waals surface area contributed by atoms with E-state index >= 15 is 0 Å². The van der Waals surface area contributed by atoms with Crippen LogP contribution in [0.15, 0.2) is 12.4 Å². The van der Waals surface area contributed by atoms with Crippen LogP contribution in [-0.2, 0) is 0 Å². The normalized spacial score (nSPS) is 24.4. The molecule has 1 amide bonds. The predicted octanol–water partition coefficient (Wildman–Crippen LogP) is 0.00452. The molecule has 0 aromatic carbocycles. The third kappa shape index (κ3) is 2.30. The number of carbonyl (C=O) groups is 1. The van der Waals surface area contributed by atoms with Crippen molar-refractivity contribution < 1.29 is 4.79 Å². The van der Waals surface area contributed by atoms with Crippen molar-refractivity contribution in [2.24, 2.45) is 5.73 Å². The van der Waals surface area contributed by atoms with E-state index in [0.717, 1.165) is 18.5 Å². The smallest absolute Gasteiger partial charge is 0.271 e. The van der Waals surface area contributed by atoms with Gasteiger partial charge in [-0.15, -0.1) is 0 Å². The summed E-state index contributed by atoms with van der Waals surface area (Å²) in [5.74, 6) is -0.167. The fourth-order valence-corrected chi connectivity index (χ4v) is 1.55. The first-order chi connectivity index (χ1) is 7.15. The molecule has 1 aliphatic carbocycles. The summed E-state index contributed by atoms with van der Waals surface area (Å²) in [5, 5.41) is 2.86. The average molecular weight is 206 g/mol. The summed E-state index contributed by atoms with van der Waals surface area (Å²) in [6.07, 6.45) is 4.78. The number of hydrogen-bond acceptors (Lipinski definition) is 4. The van der Waals surface area contributed by atoms with Gasteiger partial charge in [-0.2, -0.15) is 0 Å². The molecule has 5 nitrogen and oxygen atoms in total. The first kappa shape index (κ1) is 10.0. The highest BCUT2D eigenvalue weighted by molar-refractivity contribution is 5.92. The van der Waals surface area contributed by atoms with E-state index in [1.165, 1.54) is 6.20 Å². The van der Waals surface area contributed by atoms with Gasteiger partial charge in [-0.25, -0.2) is 4.98 Å². The first-order valence-electron chi connectivity index (χ1n) is 5.00. The molecule has 0 unspecified atom stereocenters. The highest BCUT2D eigenvalue weighted by Crippen LogP contribution is 2.17. The van der Waals surface area contributed by atoms with Crippen LogP contribution < -0.4 is 11.1 Å². The molecule has 15 heavy (non-hydrogen) atoms. The Labute approximate surface area is 88.1 Å². The van der Waals surface area contributed by atoms with Crippen molar-refractivity contribution >= 4 is 5.91 Å². The lowest BCUT2D eigenvalue weighted by atomic mass is 9.87. The second-order valence-corrected chi connectivity index (χ2v) is 3.94. The van der Waals surface area contributed by atoms with Crippen LogP contribution >= 0.6 is 0 Å². The van der Waals surface area contributed by atoms with Gasteiger partial charge in [0, 0.05) is 18.3 Å². The van der Waals surface area contributed by atoms with Crippen molar-refractivity contribution in [3.8, 4) is 0 Å². The summed E-state index contributed by atoms with van der Waals surface area (Å²) in [6, 6.07) is 0.440. The van der Waals surface area contributed by atoms with Crippen molar-refractivity contribution in [1.29, 1.82) is 0 Å². The molecule has 3 N–H and O–H groups in total. The Morgan fingerprint density at radius 2 is 2.20 bits per heavy atom. The minimum absolute atomic E-state index is 0.167. The van der Waals surface area contributed by atoms with E-state index in [1.807, 2.05) is 6.92 Å². The molecule has 0 radical (unpaired) electrons. The largest absolute Gasteiger partial charge is 0.348 e. The van der Waals surface area contributed by atoms with Gasteiger partial charge in [0.15, 0.2) is 0 Å². The van der Waals surface area contributed by atoms with E-state index in [-0.39, 0.29) is 18.0 Å². The van der Waals surface area contributed by atoms with E-state index in [9.17, 15) is 4.79 Å². The monoisotopic (exact) mass is 206 g/mol. The van der Waals surface area contributed by atoms with E-state index in [4.69, 9.17) is 5.73 Å². The van der Waals surface area contributed by atoms with Crippen molar-refractivity contribution in [1.82, 2.24) is 15.3 Å². The molecule has 1 heterocycles. The molecule has 0 bridgehead atoms. The molecule has 1 fully saturated rings. The number of amides is 1. The van der Waals surface area contributed by atoms with Gasteiger partial charge in [0.2, 0.25) is 0 Å². The Bertz CT molecular complexity index is 356. The van der Waals surface area contributed by atoms with E-state index in [2.05, 4.69) is 15.3 Å². The maximum atomic E-state index is 11.6. The minimum atomic E-state index is -0.167. The number of aryl methyl sites for hydroxylation is 1. The zero-order valence-electron chi connectivity index (χ0n) is 8.60. The lowest BCUT2D eigenvalue weighted by molar-refractivity contribution is 0.0904. The van der Waals surface area contributed by atoms with E-state index in [1.54, 1.807) is 6.20 Å². The number of carbonyl (C=O) groups excluding carboxylic acids is 1. The van der Waals surface area contributed by atoms with Crippen LogP contribution in [0.25, 0.3) is 0 Å². The second-order valence-electron chi connectivity index (χ2n) is 3.94. The minimum Gasteiger partial charge on any atom is -0.348 e. The fourth-order valence-electron chi connectivity index (χ4n) is 1.55. The Hall–Kier alpha value is -1.49. The Morgan fingerprint density at radius 3 is 2.73 bits per heavy atom. The number of nitrogens with two attached hydrogens (primary N) is 1. The Kier molecular flexibility index (Phi) is 2.64. The third-order valence-electron chi connectivity index (χ3n) is 2.52. The third-order valence-corrected chi connectivity index (χ3v) is 2.52. The number of rotatable bonds is 2. The molecule has 0 aliphatic heterocycles. The summed E-state index contributed by atoms with van der Waals surface area (Å²) in [7, 11) is 0. The second kappa shape index (κ2) is 3.94. The van der Waals surface area contributed by atoms with Gasteiger partial charge >= 0.3 is 0 Å². The SMILES string of the molecule is Cc1cnc(C(=O)NC2CC(N)C2)cn1. The summed E-state index contributed by atoms with van der Waals surface area (Å²) in [6.45, 7) is 1.83. The van der Waals surface area contributed by atoms with Gasteiger partial charge in [0.1, 0.15) is 5.69 Å². The maximum Gasteiger partial charge on any atom is 0.271 e. The maximum absolute atomic E-state index is 11.6. The van der Waals surface area contributed by atoms with Crippen LogP contribution in [0.1, 0.15) is 29.0 Å². The number of nitrogens with one attached hydrogen (secondary N) is 1. The van der Waals surface area contributed by atoms with Crippen molar-refractivity contribution in [2.75, 3.05) is 0 Å². The average Bonchev–Trinajstić information content (AvgIpc) is 2.16. The van der Waals surface area contributed by atoms with Gasteiger partial charge in [0.05, 0.1) is 11.9 Å². The molecule has 1 aromatic rings. The molecule has 1 aliphatic rings. The highest BCUT2D eigenvalue weighted by atomic mass is 16.1. The number of hydrogen-bond donors (Lipinski definition) is 2. The van der Waals surface area contributed by atoms with Crippen LogP contribution in [0, 0.1) is 6.92 Å². The summed E-state index contributed by atoms with van der Waals surface area (Å²) in [4.78, 5) is 19.6. The van der Waals surface area contributed by atoms with Gasteiger partial charge in [-0.05, 0) is 19.8 Å². The van der Waals surface area contributed by atoms with Crippen LogP contribution in [-0.4, -0.2) is 28.0 Å². The zero-order chi connectivity index (χ0) is 10.8. The molecule has 1 saturated carbocycles. The summed E-state index contributed by atoms with van der Waals surface area (Å²) in [5.41, 5.74) is 6.79. The van der Waals surface area contributed by atoms with Crippen LogP contribution in [0.2, 0.25) is 0 Å². The fraction of sp³-hybridized carbons (Fsp3) is 0.500. The molecular weight excluding hydrogens is 192 g/mol. The molecule has 0 atom stereocenters. The summed E-state index contributed by atoms with van der Waals surface area (Å²) >= 11 is 0. The molecule has 0 spiro atoms. The van der Waals surface area contributed by atoms with Crippen LogP contribution in [0.4, 0.5) is 0 Å². The predicted molar refractivity (Wildman–Crippen MR) is 55.2 cm³/mol. The molecule has 2 rings (SSSR count). The molecular formula is C10H14N4O. The quantitative estimate of drug-likeness (QED) is 0.714. The van der Waals surface area contributed by atoms with Gasteiger partial charge < -0.3 is 11.1 Å². The van der Waals surface area contributed by atoms with E-state index < -0.39 is 0 Å². The lowest BCUT2D eigenvalue weighted by Crippen LogP contribution is -2.50.